The first-order valence-corrected chi connectivity index (χ1v) is 9.67. The molecule has 0 spiro atoms. The molecular formula is C22H24N6. The Balaban J connectivity index is 1.47. The van der Waals surface area contributed by atoms with Crippen LogP contribution in [0, 0.1) is 0 Å². The lowest BCUT2D eigenvalue weighted by Crippen LogP contribution is -2.40. The van der Waals surface area contributed by atoms with Crippen LogP contribution in [-0.4, -0.2) is 33.7 Å². The van der Waals surface area contributed by atoms with Crippen molar-refractivity contribution >= 4 is 17.0 Å². The number of nitrogens with one attached hydrogen (secondary N) is 2. The highest BCUT2D eigenvalue weighted by molar-refractivity contribution is 5.77. The van der Waals surface area contributed by atoms with Crippen LogP contribution >= 0.6 is 0 Å². The van der Waals surface area contributed by atoms with E-state index in [2.05, 4.69) is 53.0 Å². The van der Waals surface area contributed by atoms with Crippen LogP contribution in [0.4, 0.5) is 0 Å². The normalized spacial score (nSPS) is 16.7. The summed E-state index contributed by atoms with van der Waals surface area (Å²) in [6, 6.07) is 10.9. The van der Waals surface area contributed by atoms with Gasteiger partial charge in [-0.25, -0.2) is 9.50 Å². The molecule has 1 aromatic carbocycles. The van der Waals surface area contributed by atoms with Crippen LogP contribution < -0.4 is 16.4 Å². The molecule has 28 heavy (non-hydrogen) atoms. The van der Waals surface area contributed by atoms with Gasteiger partial charge in [-0.05, 0) is 30.0 Å². The first kappa shape index (κ1) is 17.0. The van der Waals surface area contributed by atoms with E-state index in [0.717, 1.165) is 54.2 Å². The number of hydrogen-bond donors (Lipinski definition) is 3. The quantitative estimate of drug-likeness (QED) is 0.639. The molecule has 2 aliphatic rings. The Morgan fingerprint density at radius 1 is 1.14 bits per heavy atom. The molecule has 5 rings (SSSR count). The minimum Gasteiger partial charge on any atom is -0.399 e. The molecule has 1 saturated heterocycles. The van der Waals surface area contributed by atoms with Crippen LogP contribution in [0.1, 0.15) is 34.0 Å². The van der Waals surface area contributed by atoms with Crippen molar-refractivity contribution < 1.29 is 0 Å². The second kappa shape index (κ2) is 6.49. The molecule has 2 aromatic heterocycles. The zero-order valence-corrected chi connectivity index (χ0v) is 15.8. The number of fused-ring (bicyclic) bond motifs is 2. The third kappa shape index (κ3) is 2.68. The van der Waals surface area contributed by atoms with Gasteiger partial charge in [0.1, 0.15) is 0 Å². The highest BCUT2D eigenvalue weighted by Gasteiger charge is 2.29. The zero-order chi connectivity index (χ0) is 19.3. The molecule has 6 heteroatoms. The molecule has 142 valence electrons. The minimum atomic E-state index is 0.336. The maximum Gasteiger partial charge on any atom is 0.165 e. The maximum absolute atomic E-state index is 6.10. The van der Waals surface area contributed by atoms with E-state index in [1.54, 1.807) is 6.20 Å². The fourth-order valence-electron chi connectivity index (χ4n) is 4.25. The molecule has 4 N–H and O–H groups in total. The van der Waals surface area contributed by atoms with Crippen LogP contribution in [0.15, 0.2) is 49.7 Å². The number of nitrogens with two attached hydrogens (primary N) is 1. The Hall–Kier alpha value is -3.12. The standard InChI is InChI=1S/C22H24N6/c1-13(23)20-21(17-11-24-12-17)27-28-19(7-8-25-22(20)28)14(2)26-18-9-15-5-3-4-6-16(15)10-18/h3-8,17-18,24,26H,1-2,9-12,23H2. The smallest absolute Gasteiger partial charge is 0.165 e. The molecule has 1 aliphatic carbocycles. The summed E-state index contributed by atoms with van der Waals surface area (Å²) in [5, 5.41) is 11.8. The van der Waals surface area contributed by atoms with Crippen LogP contribution in [0.5, 0.6) is 0 Å². The van der Waals surface area contributed by atoms with E-state index in [4.69, 9.17) is 10.8 Å². The van der Waals surface area contributed by atoms with Crippen molar-refractivity contribution in [3.63, 3.8) is 0 Å². The fraction of sp³-hybridized carbons (Fsp3) is 0.273. The van der Waals surface area contributed by atoms with E-state index in [1.165, 1.54) is 11.1 Å². The number of hydrogen-bond acceptors (Lipinski definition) is 5. The molecule has 0 unspecified atom stereocenters. The van der Waals surface area contributed by atoms with Gasteiger partial charge in [-0.15, -0.1) is 0 Å². The van der Waals surface area contributed by atoms with Gasteiger partial charge < -0.3 is 16.4 Å². The van der Waals surface area contributed by atoms with Crippen molar-refractivity contribution in [3.05, 3.63) is 77.8 Å². The molecular weight excluding hydrogens is 348 g/mol. The van der Waals surface area contributed by atoms with Gasteiger partial charge >= 0.3 is 0 Å². The van der Waals surface area contributed by atoms with Gasteiger partial charge in [0, 0.05) is 36.9 Å². The molecule has 1 aliphatic heterocycles. The molecule has 0 bridgehead atoms. The fourth-order valence-corrected chi connectivity index (χ4v) is 4.25. The molecule has 0 radical (unpaired) electrons. The van der Waals surface area contributed by atoms with Gasteiger partial charge in [-0.1, -0.05) is 37.4 Å². The lowest BCUT2D eigenvalue weighted by Gasteiger charge is -2.26. The Labute approximate surface area is 164 Å². The topological polar surface area (TPSA) is 80.3 Å². The summed E-state index contributed by atoms with van der Waals surface area (Å²) >= 11 is 0. The van der Waals surface area contributed by atoms with E-state index >= 15 is 0 Å². The van der Waals surface area contributed by atoms with E-state index in [9.17, 15) is 0 Å². The Kier molecular flexibility index (Phi) is 3.94. The van der Waals surface area contributed by atoms with Gasteiger partial charge in [-0.3, -0.25) is 0 Å². The number of rotatable bonds is 5. The highest BCUT2D eigenvalue weighted by atomic mass is 15.3. The van der Waals surface area contributed by atoms with Crippen molar-refractivity contribution in [1.82, 2.24) is 25.2 Å². The largest absolute Gasteiger partial charge is 0.399 e. The summed E-state index contributed by atoms with van der Waals surface area (Å²) in [6.07, 6.45) is 3.80. The molecule has 3 heterocycles. The summed E-state index contributed by atoms with van der Waals surface area (Å²) in [5.74, 6) is 0.343. The number of nitrogens with zero attached hydrogens (tertiary/aromatic N) is 3. The van der Waals surface area contributed by atoms with Crippen molar-refractivity contribution in [1.29, 1.82) is 0 Å². The Morgan fingerprint density at radius 2 is 1.86 bits per heavy atom. The first-order valence-electron chi connectivity index (χ1n) is 9.67. The molecule has 3 aromatic rings. The second-order valence-electron chi connectivity index (χ2n) is 7.70. The minimum absolute atomic E-state index is 0.336. The van der Waals surface area contributed by atoms with E-state index in [-0.39, 0.29) is 0 Å². The summed E-state index contributed by atoms with van der Waals surface area (Å²) in [4.78, 5) is 4.54. The molecule has 0 atom stereocenters. The number of benzene rings is 1. The lowest BCUT2D eigenvalue weighted by atomic mass is 9.95. The van der Waals surface area contributed by atoms with Gasteiger partial charge in [0.05, 0.1) is 22.6 Å². The van der Waals surface area contributed by atoms with Crippen LogP contribution in [-0.2, 0) is 12.8 Å². The molecule has 0 saturated carbocycles. The van der Waals surface area contributed by atoms with Gasteiger partial charge in [0.25, 0.3) is 0 Å². The maximum atomic E-state index is 6.10. The Morgan fingerprint density at radius 3 is 2.46 bits per heavy atom. The average Bonchev–Trinajstić information content (AvgIpc) is 3.20. The van der Waals surface area contributed by atoms with Crippen LogP contribution in [0.3, 0.4) is 0 Å². The summed E-state index contributed by atoms with van der Waals surface area (Å²) in [7, 11) is 0. The predicted octanol–water partition coefficient (Wildman–Crippen LogP) is 2.07. The predicted molar refractivity (Wildman–Crippen MR) is 112 cm³/mol. The van der Waals surface area contributed by atoms with E-state index < -0.39 is 0 Å². The van der Waals surface area contributed by atoms with Gasteiger partial charge in [-0.2, -0.15) is 5.10 Å². The summed E-state index contributed by atoms with van der Waals surface area (Å²) in [6.45, 7) is 10.1. The highest BCUT2D eigenvalue weighted by Crippen LogP contribution is 2.30. The van der Waals surface area contributed by atoms with Crippen molar-refractivity contribution in [2.45, 2.75) is 24.8 Å². The van der Waals surface area contributed by atoms with Crippen molar-refractivity contribution in [3.8, 4) is 0 Å². The van der Waals surface area contributed by atoms with E-state index in [0.29, 0.717) is 17.7 Å². The third-order valence-corrected chi connectivity index (χ3v) is 5.77. The van der Waals surface area contributed by atoms with Crippen LogP contribution in [0.2, 0.25) is 0 Å². The van der Waals surface area contributed by atoms with Crippen LogP contribution in [0.25, 0.3) is 17.0 Å². The molecule has 1 fully saturated rings. The van der Waals surface area contributed by atoms with Gasteiger partial charge in [0.2, 0.25) is 0 Å². The van der Waals surface area contributed by atoms with E-state index in [1.807, 2.05) is 10.6 Å². The lowest BCUT2D eigenvalue weighted by molar-refractivity contribution is 0.437. The summed E-state index contributed by atoms with van der Waals surface area (Å²) < 4.78 is 1.86. The Bertz CT molecular complexity index is 1070. The monoisotopic (exact) mass is 372 g/mol. The molecule has 0 amide bonds. The molecule has 6 nitrogen and oxygen atoms in total. The first-order chi connectivity index (χ1) is 13.6. The average molecular weight is 372 g/mol. The second-order valence-corrected chi connectivity index (χ2v) is 7.70. The number of aromatic nitrogens is 3. The van der Waals surface area contributed by atoms with Crippen molar-refractivity contribution in [2.24, 2.45) is 5.73 Å². The van der Waals surface area contributed by atoms with Gasteiger partial charge in [0.15, 0.2) is 5.65 Å². The van der Waals surface area contributed by atoms with Crippen molar-refractivity contribution in [2.75, 3.05) is 13.1 Å². The SMILES string of the molecule is C=C(N)c1c(C2CNC2)nn2c(C(=C)NC3Cc4ccccc4C3)ccnc12. The summed E-state index contributed by atoms with van der Waals surface area (Å²) in [5.41, 5.74) is 13.7. The third-order valence-electron chi connectivity index (χ3n) is 5.77. The zero-order valence-electron chi connectivity index (χ0n) is 15.8.